The number of rotatable bonds is 0. The molecular weight excluding hydrogens is 242 g/mol. The largest absolute Gasteiger partial charge is 0.388 e. The lowest BCUT2D eigenvalue weighted by molar-refractivity contribution is -0.121. The van der Waals surface area contributed by atoms with E-state index in [1.54, 1.807) is 0 Å². The van der Waals surface area contributed by atoms with Crippen molar-refractivity contribution in [2.24, 2.45) is 0 Å². The van der Waals surface area contributed by atoms with Gasteiger partial charge < -0.3 is 31.3 Å². The van der Waals surface area contributed by atoms with E-state index in [0.29, 0.717) is 0 Å². The van der Waals surface area contributed by atoms with Crippen LogP contribution >= 0.6 is 0 Å². The minimum atomic E-state index is -1.04. The number of aromatic nitrogens is 2. The molecule has 1 fully saturated rings. The van der Waals surface area contributed by atoms with Crippen molar-refractivity contribution < 1.29 is 14.9 Å². The van der Waals surface area contributed by atoms with Crippen molar-refractivity contribution >= 4 is 17.5 Å². The first-order chi connectivity index (χ1) is 8.56. The van der Waals surface area contributed by atoms with Gasteiger partial charge in [-0.1, -0.05) is 0 Å². The molecule has 0 bridgehead atoms. The van der Waals surface area contributed by atoms with E-state index in [9.17, 15) is 15.0 Å². The zero-order valence-electron chi connectivity index (χ0n) is 9.25. The maximum atomic E-state index is 11.7. The lowest BCUT2D eigenvalue weighted by Gasteiger charge is -2.42. The number of aliphatic hydroxyl groups excluding tert-OH is 2. The second-order valence-electron chi connectivity index (χ2n) is 4.30. The lowest BCUT2D eigenvalue weighted by atomic mass is 9.99. The molecule has 7 N–H and O–H groups in total. The van der Waals surface area contributed by atoms with Crippen LogP contribution in [0.2, 0.25) is 0 Å². The quantitative estimate of drug-likeness (QED) is 0.302. The van der Waals surface area contributed by atoms with E-state index >= 15 is 0 Å². The molecule has 0 spiro atoms. The highest BCUT2D eigenvalue weighted by Crippen LogP contribution is 2.28. The highest BCUT2D eigenvalue weighted by Gasteiger charge is 2.42. The summed E-state index contributed by atoms with van der Waals surface area (Å²) in [5.74, 6) is 0.254. The predicted octanol–water partition coefficient (Wildman–Crippen LogP) is -2.36. The number of nitrogen functional groups attached to an aromatic ring is 1. The average molecular weight is 255 g/mol. The fraction of sp³-hybridized carbons (Fsp3) is 0.556. The molecule has 4 atom stereocenters. The van der Waals surface area contributed by atoms with Gasteiger partial charge in [0.05, 0.1) is 12.6 Å². The van der Waals surface area contributed by atoms with Gasteiger partial charge in [0.15, 0.2) is 12.0 Å². The van der Waals surface area contributed by atoms with Crippen LogP contribution in [0.3, 0.4) is 0 Å². The summed E-state index contributed by atoms with van der Waals surface area (Å²) in [5, 5.41) is 25.0. The predicted molar refractivity (Wildman–Crippen MR) is 62.1 cm³/mol. The topological polar surface area (TPSA) is 146 Å². The number of nitrogens with two attached hydrogens (primary N) is 1. The number of hydrogen-bond donors (Lipinski definition) is 6. The molecule has 0 amide bonds. The molecule has 0 aromatic carbocycles. The van der Waals surface area contributed by atoms with Crippen molar-refractivity contribution in [3.05, 3.63) is 10.4 Å². The molecule has 3 heterocycles. The van der Waals surface area contributed by atoms with Crippen molar-refractivity contribution in [2.45, 2.75) is 24.5 Å². The number of H-pyrrole nitrogens is 1. The van der Waals surface area contributed by atoms with Crippen LogP contribution in [0.15, 0.2) is 4.79 Å². The summed E-state index contributed by atoms with van der Waals surface area (Å²) in [5.41, 5.74) is 5.16. The summed E-state index contributed by atoms with van der Waals surface area (Å²) >= 11 is 0. The minimum Gasteiger partial charge on any atom is -0.388 e. The van der Waals surface area contributed by atoms with E-state index < -0.39 is 30.0 Å². The summed E-state index contributed by atoms with van der Waals surface area (Å²) in [6, 6.07) is -0.632. The van der Waals surface area contributed by atoms with E-state index in [1.165, 1.54) is 0 Å². The van der Waals surface area contributed by atoms with Gasteiger partial charge in [-0.25, -0.2) is 0 Å². The molecule has 9 nitrogen and oxygen atoms in total. The fourth-order valence-electron chi connectivity index (χ4n) is 2.15. The van der Waals surface area contributed by atoms with Crippen LogP contribution in [0.1, 0.15) is 0 Å². The molecule has 2 aliphatic heterocycles. The van der Waals surface area contributed by atoms with Gasteiger partial charge in [-0.3, -0.25) is 9.78 Å². The Kier molecular flexibility index (Phi) is 2.40. The van der Waals surface area contributed by atoms with Gasteiger partial charge in [0.1, 0.15) is 17.9 Å². The van der Waals surface area contributed by atoms with Crippen LogP contribution in [0.4, 0.5) is 17.5 Å². The maximum Gasteiger partial charge on any atom is 0.277 e. The third kappa shape index (κ3) is 1.60. The molecule has 1 saturated heterocycles. The Morgan fingerprint density at radius 3 is 2.94 bits per heavy atom. The van der Waals surface area contributed by atoms with Crippen molar-refractivity contribution in [3.8, 4) is 0 Å². The monoisotopic (exact) mass is 255 g/mol. The number of ether oxygens (including phenoxy) is 1. The summed E-state index contributed by atoms with van der Waals surface area (Å²) in [7, 11) is 0. The average Bonchev–Trinajstić information content (AvgIpc) is 2.32. The van der Waals surface area contributed by atoms with E-state index in [2.05, 4.69) is 20.6 Å². The Bertz CT molecular complexity index is 532. The lowest BCUT2D eigenvalue weighted by Crippen LogP contribution is -2.61. The van der Waals surface area contributed by atoms with Crippen LogP contribution in [0.25, 0.3) is 0 Å². The molecule has 0 saturated carbocycles. The number of fused-ring (bicyclic) bond motifs is 2. The molecule has 2 aliphatic rings. The Morgan fingerprint density at radius 1 is 1.39 bits per heavy atom. The molecule has 9 heteroatoms. The number of aliphatic hydroxyl groups is 2. The van der Waals surface area contributed by atoms with Gasteiger partial charge in [-0.05, 0) is 0 Å². The van der Waals surface area contributed by atoms with Gasteiger partial charge in [0.25, 0.3) is 5.56 Å². The zero-order valence-corrected chi connectivity index (χ0v) is 9.25. The van der Waals surface area contributed by atoms with Crippen LogP contribution in [-0.4, -0.2) is 51.3 Å². The smallest absolute Gasteiger partial charge is 0.277 e. The zero-order chi connectivity index (χ0) is 12.9. The Labute approximate surface area is 101 Å². The summed E-state index contributed by atoms with van der Waals surface area (Å²) in [6.07, 6.45) is -2.62. The first-order valence-electron chi connectivity index (χ1n) is 5.47. The van der Waals surface area contributed by atoms with E-state index in [0.717, 1.165) is 0 Å². The molecule has 18 heavy (non-hydrogen) atoms. The normalized spacial score (nSPS) is 33.9. The Hall–Kier alpha value is -1.84. The highest BCUT2D eigenvalue weighted by molar-refractivity contribution is 5.67. The first kappa shape index (κ1) is 11.3. The maximum absolute atomic E-state index is 11.7. The molecular formula is C9H13N5O4. The minimum absolute atomic E-state index is 0.00498. The summed E-state index contributed by atoms with van der Waals surface area (Å²) in [6.45, 7) is 0.00498. The van der Waals surface area contributed by atoms with Crippen molar-refractivity contribution in [1.29, 1.82) is 0 Å². The first-order valence-corrected chi connectivity index (χ1v) is 5.47. The van der Waals surface area contributed by atoms with E-state index in [-0.39, 0.29) is 24.1 Å². The van der Waals surface area contributed by atoms with Crippen LogP contribution in [0.5, 0.6) is 0 Å². The number of hydrogen-bond acceptors (Lipinski definition) is 8. The number of aromatic amines is 1. The number of nitrogens with zero attached hydrogens (tertiary/aromatic N) is 1. The van der Waals surface area contributed by atoms with Gasteiger partial charge in [-0.15, -0.1) is 0 Å². The Balaban J connectivity index is 1.99. The molecule has 3 rings (SSSR count). The highest BCUT2D eigenvalue weighted by atomic mass is 16.5. The molecule has 0 radical (unpaired) electrons. The van der Waals surface area contributed by atoms with Gasteiger partial charge in [-0.2, -0.15) is 4.98 Å². The van der Waals surface area contributed by atoms with Crippen molar-refractivity contribution in [2.75, 3.05) is 23.0 Å². The second-order valence-corrected chi connectivity index (χ2v) is 4.30. The van der Waals surface area contributed by atoms with E-state index in [4.69, 9.17) is 10.5 Å². The number of nitrogens with one attached hydrogen (secondary N) is 3. The fourth-order valence-corrected chi connectivity index (χ4v) is 2.15. The molecule has 2 unspecified atom stereocenters. The van der Waals surface area contributed by atoms with Crippen LogP contribution in [-0.2, 0) is 4.74 Å². The van der Waals surface area contributed by atoms with Crippen LogP contribution in [0, 0.1) is 0 Å². The third-order valence-electron chi connectivity index (χ3n) is 3.06. The van der Waals surface area contributed by atoms with Crippen molar-refractivity contribution in [1.82, 2.24) is 9.97 Å². The SMILES string of the molecule is Nc1nc2c(c(=O)[nH]1)NC1C(N2)OC[C@@H](O)[C@H]1O. The molecule has 1 aromatic rings. The third-order valence-corrected chi connectivity index (χ3v) is 3.06. The standard InChI is InChI=1S/C9H13N5O4/c10-9-13-6-4(7(17)14-9)11-3-5(16)2(15)1-18-8(3)12-6/h2-3,5,8,11,15-16H,1H2,(H4,10,12,13,14,17)/t2-,3?,5-,8?/m1/s1. The second kappa shape index (κ2) is 3.83. The van der Waals surface area contributed by atoms with Gasteiger partial charge in [0.2, 0.25) is 5.95 Å². The summed E-state index contributed by atoms with van der Waals surface area (Å²) in [4.78, 5) is 18.0. The molecule has 1 aromatic heterocycles. The van der Waals surface area contributed by atoms with Crippen LogP contribution < -0.4 is 21.9 Å². The Morgan fingerprint density at radius 2 is 2.17 bits per heavy atom. The van der Waals surface area contributed by atoms with Crippen molar-refractivity contribution in [3.63, 3.8) is 0 Å². The summed E-state index contributed by atoms with van der Waals surface area (Å²) < 4.78 is 5.32. The van der Waals surface area contributed by atoms with E-state index in [1.807, 2.05) is 0 Å². The van der Waals surface area contributed by atoms with Gasteiger partial charge >= 0.3 is 0 Å². The molecule has 98 valence electrons. The number of anilines is 3. The molecule has 0 aliphatic carbocycles. The van der Waals surface area contributed by atoms with Gasteiger partial charge in [0, 0.05) is 0 Å².